The lowest BCUT2D eigenvalue weighted by Gasteiger charge is -2.29. The van der Waals surface area contributed by atoms with E-state index in [9.17, 15) is 4.79 Å². The molecule has 1 aromatic carbocycles. The van der Waals surface area contributed by atoms with Crippen LogP contribution in [0.4, 0.5) is 16.2 Å². The standard InChI is InChI=1S/C19H32N4O2/c1-15-13-16(8-9-18(15)21(2)3)20-19(24)23-10-6-7-17(23)14-22(4)11-12-25-5/h8-9,13,17H,6-7,10-12,14H2,1-5H3,(H,20,24). The molecule has 0 radical (unpaired) electrons. The minimum absolute atomic E-state index is 0.000329. The number of likely N-dealkylation sites (tertiary alicyclic amines) is 1. The molecular formula is C19H32N4O2. The molecule has 1 aromatic rings. The zero-order valence-electron chi connectivity index (χ0n) is 16.2. The summed E-state index contributed by atoms with van der Waals surface area (Å²) in [6.45, 7) is 5.37. The van der Waals surface area contributed by atoms with Crippen molar-refractivity contribution in [3.63, 3.8) is 0 Å². The van der Waals surface area contributed by atoms with Gasteiger partial charge in [-0.15, -0.1) is 0 Å². The summed E-state index contributed by atoms with van der Waals surface area (Å²) < 4.78 is 5.13. The van der Waals surface area contributed by atoms with E-state index < -0.39 is 0 Å². The summed E-state index contributed by atoms with van der Waals surface area (Å²) in [6, 6.07) is 6.31. The van der Waals surface area contributed by atoms with E-state index in [1.54, 1.807) is 7.11 Å². The summed E-state index contributed by atoms with van der Waals surface area (Å²) in [4.78, 5) is 19.0. The molecule has 6 heteroatoms. The highest BCUT2D eigenvalue weighted by Crippen LogP contribution is 2.24. The van der Waals surface area contributed by atoms with Gasteiger partial charge < -0.3 is 24.8 Å². The number of likely N-dealkylation sites (N-methyl/N-ethyl adjacent to an activating group) is 1. The Balaban J connectivity index is 1.96. The number of nitrogens with one attached hydrogen (secondary N) is 1. The average molecular weight is 348 g/mol. The molecule has 0 saturated carbocycles. The van der Waals surface area contributed by atoms with Crippen LogP contribution in [-0.2, 0) is 4.74 Å². The first kappa shape index (κ1) is 19.5. The molecule has 2 rings (SSSR count). The fraction of sp³-hybridized carbons (Fsp3) is 0.632. The van der Waals surface area contributed by atoms with E-state index in [-0.39, 0.29) is 12.1 Å². The Morgan fingerprint density at radius 1 is 1.36 bits per heavy atom. The van der Waals surface area contributed by atoms with Gasteiger partial charge >= 0.3 is 6.03 Å². The lowest BCUT2D eigenvalue weighted by atomic mass is 10.1. The van der Waals surface area contributed by atoms with Crippen LogP contribution in [0.15, 0.2) is 18.2 Å². The van der Waals surface area contributed by atoms with Crippen molar-refractivity contribution >= 4 is 17.4 Å². The molecule has 1 saturated heterocycles. The first-order valence-electron chi connectivity index (χ1n) is 8.95. The molecule has 2 amide bonds. The van der Waals surface area contributed by atoms with Gasteiger partial charge in [-0.05, 0) is 50.6 Å². The van der Waals surface area contributed by atoms with E-state index in [2.05, 4.69) is 29.1 Å². The van der Waals surface area contributed by atoms with Gasteiger partial charge in [-0.3, -0.25) is 0 Å². The molecule has 1 aliphatic rings. The van der Waals surface area contributed by atoms with Crippen molar-refractivity contribution < 1.29 is 9.53 Å². The van der Waals surface area contributed by atoms with Crippen LogP contribution >= 0.6 is 0 Å². The first-order valence-corrected chi connectivity index (χ1v) is 8.95. The minimum Gasteiger partial charge on any atom is -0.383 e. The van der Waals surface area contributed by atoms with E-state index in [1.165, 1.54) is 0 Å². The fourth-order valence-electron chi connectivity index (χ4n) is 3.42. The van der Waals surface area contributed by atoms with Crippen molar-refractivity contribution in [2.24, 2.45) is 0 Å². The quantitative estimate of drug-likeness (QED) is 0.823. The van der Waals surface area contributed by atoms with Gasteiger partial charge in [0.1, 0.15) is 0 Å². The second-order valence-electron chi connectivity index (χ2n) is 7.07. The van der Waals surface area contributed by atoms with Crippen molar-refractivity contribution in [3.05, 3.63) is 23.8 Å². The van der Waals surface area contributed by atoms with Gasteiger partial charge in [0, 0.05) is 58.3 Å². The van der Waals surface area contributed by atoms with Crippen LogP contribution in [-0.4, -0.2) is 76.4 Å². The predicted octanol–water partition coefficient (Wildman–Crippen LogP) is 2.64. The van der Waals surface area contributed by atoms with Crippen molar-refractivity contribution in [1.82, 2.24) is 9.80 Å². The van der Waals surface area contributed by atoms with E-state index in [0.29, 0.717) is 6.61 Å². The number of benzene rings is 1. The second-order valence-corrected chi connectivity index (χ2v) is 7.07. The Labute approximate surface area is 151 Å². The molecule has 1 atom stereocenters. The third-order valence-corrected chi connectivity index (χ3v) is 4.77. The molecule has 1 N–H and O–H groups in total. The highest BCUT2D eigenvalue weighted by Gasteiger charge is 2.29. The number of aryl methyl sites for hydroxylation is 1. The highest BCUT2D eigenvalue weighted by atomic mass is 16.5. The van der Waals surface area contributed by atoms with Crippen molar-refractivity contribution in [3.8, 4) is 0 Å². The summed E-state index contributed by atoms with van der Waals surface area (Å²) in [6.07, 6.45) is 2.12. The summed E-state index contributed by atoms with van der Waals surface area (Å²) in [5.41, 5.74) is 3.17. The van der Waals surface area contributed by atoms with Gasteiger partial charge in [0.15, 0.2) is 0 Å². The number of carbonyl (C=O) groups excluding carboxylic acids is 1. The molecule has 0 bridgehead atoms. The summed E-state index contributed by atoms with van der Waals surface area (Å²) >= 11 is 0. The number of ether oxygens (including phenoxy) is 1. The Hall–Kier alpha value is -1.79. The molecule has 1 fully saturated rings. The highest BCUT2D eigenvalue weighted by molar-refractivity contribution is 5.90. The zero-order valence-corrected chi connectivity index (χ0v) is 16.2. The maximum absolute atomic E-state index is 12.7. The maximum atomic E-state index is 12.7. The third-order valence-electron chi connectivity index (χ3n) is 4.77. The lowest BCUT2D eigenvalue weighted by Crippen LogP contribution is -2.44. The Kier molecular flexibility index (Phi) is 7.08. The monoisotopic (exact) mass is 348 g/mol. The molecule has 0 aliphatic carbocycles. The van der Waals surface area contributed by atoms with Crippen LogP contribution in [0.25, 0.3) is 0 Å². The van der Waals surface area contributed by atoms with E-state index in [4.69, 9.17) is 4.74 Å². The summed E-state index contributed by atoms with van der Waals surface area (Å²) in [5.74, 6) is 0. The minimum atomic E-state index is -0.000329. The number of hydrogen-bond donors (Lipinski definition) is 1. The number of methoxy groups -OCH3 is 1. The van der Waals surface area contributed by atoms with Crippen molar-refractivity contribution in [2.75, 3.05) is 64.7 Å². The van der Waals surface area contributed by atoms with Crippen LogP contribution in [0.5, 0.6) is 0 Å². The Morgan fingerprint density at radius 3 is 2.76 bits per heavy atom. The normalized spacial score (nSPS) is 17.2. The van der Waals surface area contributed by atoms with Gasteiger partial charge in [-0.1, -0.05) is 0 Å². The Bertz CT molecular complexity index is 577. The average Bonchev–Trinajstić information content (AvgIpc) is 3.00. The van der Waals surface area contributed by atoms with Crippen LogP contribution in [0, 0.1) is 6.92 Å². The van der Waals surface area contributed by atoms with E-state index >= 15 is 0 Å². The number of nitrogens with zero attached hydrogens (tertiary/aromatic N) is 3. The largest absolute Gasteiger partial charge is 0.383 e. The molecule has 1 unspecified atom stereocenters. The molecule has 0 aromatic heterocycles. The number of urea groups is 1. The van der Waals surface area contributed by atoms with Gasteiger partial charge in [-0.25, -0.2) is 4.79 Å². The second kappa shape index (κ2) is 9.06. The predicted molar refractivity (Wildman–Crippen MR) is 104 cm³/mol. The first-order chi connectivity index (χ1) is 11.9. The summed E-state index contributed by atoms with van der Waals surface area (Å²) in [5, 5.41) is 3.06. The molecule has 1 heterocycles. The molecule has 140 valence electrons. The van der Waals surface area contributed by atoms with Gasteiger partial charge in [0.05, 0.1) is 6.61 Å². The molecule has 0 spiro atoms. The summed E-state index contributed by atoms with van der Waals surface area (Å²) in [7, 11) is 7.84. The van der Waals surface area contributed by atoms with Gasteiger partial charge in [0.2, 0.25) is 0 Å². The molecular weight excluding hydrogens is 316 g/mol. The number of anilines is 2. The van der Waals surface area contributed by atoms with Crippen molar-refractivity contribution in [2.45, 2.75) is 25.8 Å². The topological polar surface area (TPSA) is 48.1 Å². The van der Waals surface area contributed by atoms with Crippen LogP contribution in [0.1, 0.15) is 18.4 Å². The van der Waals surface area contributed by atoms with Crippen LogP contribution in [0.2, 0.25) is 0 Å². The van der Waals surface area contributed by atoms with Crippen molar-refractivity contribution in [1.29, 1.82) is 0 Å². The van der Waals surface area contributed by atoms with E-state index in [1.807, 2.05) is 37.2 Å². The zero-order chi connectivity index (χ0) is 18.4. The number of amides is 2. The van der Waals surface area contributed by atoms with Crippen LogP contribution in [0.3, 0.4) is 0 Å². The van der Waals surface area contributed by atoms with Crippen LogP contribution < -0.4 is 10.2 Å². The lowest BCUT2D eigenvalue weighted by molar-refractivity contribution is 0.143. The van der Waals surface area contributed by atoms with Gasteiger partial charge in [0.25, 0.3) is 0 Å². The number of rotatable bonds is 7. The fourth-order valence-corrected chi connectivity index (χ4v) is 3.42. The SMILES string of the molecule is COCCN(C)CC1CCCN1C(=O)Nc1ccc(N(C)C)c(C)c1. The van der Waals surface area contributed by atoms with Gasteiger partial charge in [-0.2, -0.15) is 0 Å². The number of hydrogen-bond acceptors (Lipinski definition) is 4. The van der Waals surface area contributed by atoms with E-state index in [0.717, 1.165) is 49.4 Å². The maximum Gasteiger partial charge on any atom is 0.322 e. The third kappa shape index (κ3) is 5.34. The molecule has 25 heavy (non-hydrogen) atoms. The number of carbonyl (C=O) groups is 1. The molecule has 1 aliphatic heterocycles. The Morgan fingerprint density at radius 2 is 2.12 bits per heavy atom. The smallest absolute Gasteiger partial charge is 0.322 e. The molecule has 6 nitrogen and oxygen atoms in total.